The van der Waals surface area contributed by atoms with E-state index < -0.39 is 0 Å². The minimum Gasteiger partial charge on any atom is -0.486 e. The molecule has 25 heavy (non-hydrogen) atoms. The van der Waals surface area contributed by atoms with Gasteiger partial charge in [-0.05, 0) is 37.4 Å². The smallest absolute Gasteiger partial charge is 0.242 e. The highest BCUT2D eigenvalue weighted by atomic mass is 32.1. The summed E-state index contributed by atoms with van der Waals surface area (Å²) in [5.74, 6) is 1.65. The van der Waals surface area contributed by atoms with Crippen LogP contribution in [0.3, 0.4) is 0 Å². The average Bonchev–Trinajstić information content (AvgIpc) is 3.15. The van der Waals surface area contributed by atoms with Crippen molar-refractivity contribution < 1.29 is 14.3 Å². The highest BCUT2D eigenvalue weighted by Crippen LogP contribution is 2.34. The predicted octanol–water partition coefficient (Wildman–Crippen LogP) is 3.39. The third-order valence-electron chi connectivity index (χ3n) is 4.26. The first-order chi connectivity index (χ1) is 12.2. The van der Waals surface area contributed by atoms with Gasteiger partial charge in [-0.3, -0.25) is 4.79 Å². The lowest BCUT2D eigenvalue weighted by Crippen LogP contribution is -2.40. The third-order valence-corrected chi connectivity index (χ3v) is 5.12. The van der Waals surface area contributed by atoms with Gasteiger partial charge in [0, 0.05) is 29.7 Å². The first-order valence-corrected chi connectivity index (χ1v) is 9.54. The second kappa shape index (κ2) is 8.25. The zero-order valence-electron chi connectivity index (χ0n) is 14.7. The molecule has 0 saturated heterocycles. The van der Waals surface area contributed by atoms with Gasteiger partial charge in [0.25, 0.3) is 0 Å². The van der Waals surface area contributed by atoms with E-state index in [0.717, 1.165) is 30.3 Å². The van der Waals surface area contributed by atoms with Crippen molar-refractivity contribution in [2.24, 2.45) is 0 Å². The van der Waals surface area contributed by atoms with E-state index in [1.54, 1.807) is 11.3 Å². The molecule has 0 radical (unpaired) electrons. The van der Waals surface area contributed by atoms with Gasteiger partial charge in [0.15, 0.2) is 11.5 Å². The Balaban J connectivity index is 1.84. The summed E-state index contributed by atoms with van der Waals surface area (Å²) >= 11 is 1.70. The monoisotopic (exact) mass is 360 g/mol. The molecule has 0 atom stereocenters. The van der Waals surface area contributed by atoms with Crippen molar-refractivity contribution in [3.63, 3.8) is 0 Å². The number of anilines is 1. The lowest BCUT2D eigenvalue weighted by molar-refractivity contribution is -0.129. The van der Waals surface area contributed by atoms with Gasteiger partial charge in [-0.1, -0.05) is 6.07 Å². The Morgan fingerprint density at radius 1 is 1.12 bits per heavy atom. The van der Waals surface area contributed by atoms with Gasteiger partial charge < -0.3 is 19.3 Å². The van der Waals surface area contributed by atoms with E-state index in [2.05, 4.69) is 16.3 Å². The molecule has 2 heterocycles. The molecule has 134 valence electrons. The van der Waals surface area contributed by atoms with E-state index >= 15 is 0 Å². The van der Waals surface area contributed by atoms with Crippen LogP contribution in [0.2, 0.25) is 0 Å². The zero-order valence-corrected chi connectivity index (χ0v) is 15.6. The first-order valence-electron chi connectivity index (χ1n) is 8.66. The zero-order chi connectivity index (χ0) is 17.6. The van der Waals surface area contributed by atoms with Crippen molar-refractivity contribution in [1.82, 2.24) is 4.90 Å². The van der Waals surface area contributed by atoms with E-state index in [0.29, 0.717) is 26.3 Å². The minimum absolute atomic E-state index is 0.136. The molecular formula is C19H24N2O3S. The fourth-order valence-electron chi connectivity index (χ4n) is 2.90. The highest BCUT2D eigenvalue weighted by molar-refractivity contribution is 7.09. The Hall–Kier alpha value is -2.21. The summed E-state index contributed by atoms with van der Waals surface area (Å²) in [6.45, 7) is 7.64. The molecule has 0 unspecified atom stereocenters. The normalized spacial score (nSPS) is 12.7. The van der Waals surface area contributed by atoms with E-state index in [1.165, 1.54) is 4.88 Å². The number of rotatable bonds is 7. The largest absolute Gasteiger partial charge is 0.486 e. The molecule has 3 rings (SSSR count). The van der Waals surface area contributed by atoms with Crippen LogP contribution in [0.5, 0.6) is 11.5 Å². The molecule has 0 N–H and O–H groups in total. The third kappa shape index (κ3) is 4.25. The van der Waals surface area contributed by atoms with Crippen LogP contribution in [-0.4, -0.2) is 43.7 Å². The molecule has 1 aromatic carbocycles. The van der Waals surface area contributed by atoms with Crippen LogP contribution < -0.4 is 14.4 Å². The van der Waals surface area contributed by atoms with Gasteiger partial charge >= 0.3 is 0 Å². The predicted molar refractivity (Wildman–Crippen MR) is 101 cm³/mol. The van der Waals surface area contributed by atoms with Crippen molar-refractivity contribution in [3.8, 4) is 11.5 Å². The molecule has 1 aromatic heterocycles. The van der Waals surface area contributed by atoms with Crippen LogP contribution in [0.25, 0.3) is 0 Å². The fraction of sp³-hybridized carbons (Fsp3) is 0.421. The van der Waals surface area contributed by atoms with E-state index in [9.17, 15) is 4.79 Å². The fourth-order valence-corrected chi connectivity index (χ4v) is 3.62. The number of hydrogen-bond donors (Lipinski definition) is 0. The van der Waals surface area contributed by atoms with E-state index in [4.69, 9.17) is 9.47 Å². The molecule has 2 aromatic rings. The molecule has 1 aliphatic rings. The molecular weight excluding hydrogens is 336 g/mol. The molecule has 0 fully saturated rings. The van der Waals surface area contributed by atoms with Crippen molar-refractivity contribution in [1.29, 1.82) is 0 Å². The van der Waals surface area contributed by atoms with Crippen molar-refractivity contribution >= 4 is 22.9 Å². The topological polar surface area (TPSA) is 42.0 Å². The summed E-state index contributed by atoms with van der Waals surface area (Å²) in [6.07, 6.45) is 0. The van der Waals surface area contributed by atoms with Gasteiger partial charge in [-0.15, -0.1) is 11.3 Å². The second-order valence-electron chi connectivity index (χ2n) is 5.83. The molecule has 0 spiro atoms. The quantitative estimate of drug-likeness (QED) is 0.759. The van der Waals surface area contributed by atoms with Crippen LogP contribution in [0.15, 0.2) is 35.7 Å². The minimum atomic E-state index is 0.136. The number of likely N-dealkylation sites (N-methyl/N-ethyl adjacent to an activating group) is 1. The van der Waals surface area contributed by atoms with Crippen LogP contribution in [0.4, 0.5) is 5.69 Å². The number of benzene rings is 1. The summed E-state index contributed by atoms with van der Waals surface area (Å²) in [6, 6.07) is 10.0. The summed E-state index contributed by atoms with van der Waals surface area (Å²) in [5.41, 5.74) is 0.971. The molecule has 0 saturated carbocycles. The average molecular weight is 360 g/mol. The van der Waals surface area contributed by atoms with Crippen LogP contribution in [-0.2, 0) is 11.3 Å². The Morgan fingerprint density at radius 3 is 2.56 bits per heavy atom. The number of fused-ring (bicyclic) bond motifs is 1. The summed E-state index contributed by atoms with van der Waals surface area (Å²) in [5, 5.41) is 2.06. The van der Waals surface area contributed by atoms with Gasteiger partial charge in [0.05, 0.1) is 13.1 Å². The van der Waals surface area contributed by atoms with Gasteiger partial charge in [0.1, 0.15) is 13.2 Å². The van der Waals surface area contributed by atoms with Gasteiger partial charge in [0.2, 0.25) is 5.91 Å². The van der Waals surface area contributed by atoms with Crippen molar-refractivity contribution in [2.45, 2.75) is 20.4 Å². The van der Waals surface area contributed by atoms with Gasteiger partial charge in [-0.2, -0.15) is 0 Å². The molecule has 1 amide bonds. The number of carbonyl (C=O) groups excluding carboxylic acids is 1. The number of nitrogens with zero attached hydrogens (tertiary/aromatic N) is 2. The van der Waals surface area contributed by atoms with Crippen molar-refractivity contribution in [2.75, 3.05) is 37.7 Å². The first kappa shape index (κ1) is 17.6. The van der Waals surface area contributed by atoms with E-state index in [-0.39, 0.29) is 5.91 Å². The summed E-state index contributed by atoms with van der Waals surface area (Å²) in [7, 11) is 0. The Labute approximate surface area is 152 Å². The molecule has 0 bridgehead atoms. The number of thiophene rings is 1. The Morgan fingerprint density at radius 2 is 1.88 bits per heavy atom. The number of hydrogen-bond acceptors (Lipinski definition) is 5. The van der Waals surface area contributed by atoms with Crippen molar-refractivity contribution in [3.05, 3.63) is 40.6 Å². The maximum atomic E-state index is 12.6. The van der Waals surface area contributed by atoms with Gasteiger partial charge in [-0.25, -0.2) is 0 Å². The van der Waals surface area contributed by atoms with E-state index in [1.807, 2.05) is 43.0 Å². The molecule has 6 heteroatoms. The standard InChI is InChI=1S/C19H24N2O3S/c1-3-20(4-2)19(22)14-21(13-16-6-5-11-25-16)15-7-8-17-18(12-15)24-10-9-23-17/h5-8,11-12H,3-4,9-10,13-14H2,1-2H3. The maximum Gasteiger partial charge on any atom is 0.242 e. The molecule has 5 nitrogen and oxygen atoms in total. The van der Waals surface area contributed by atoms with Crippen LogP contribution >= 0.6 is 11.3 Å². The second-order valence-corrected chi connectivity index (χ2v) is 6.86. The Bertz CT molecular complexity index is 699. The number of ether oxygens (including phenoxy) is 2. The maximum absolute atomic E-state index is 12.6. The molecule has 1 aliphatic heterocycles. The van der Waals surface area contributed by atoms with Crippen LogP contribution in [0.1, 0.15) is 18.7 Å². The highest BCUT2D eigenvalue weighted by Gasteiger charge is 2.19. The number of amides is 1. The lowest BCUT2D eigenvalue weighted by Gasteiger charge is -2.28. The molecule has 0 aliphatic carbocycles. The van der Waals surface area contributed by atoms with Crippen LogP contribution in [0, 0.1) is 0 Å². The lowest BCUT2D eigenvalue weighted by atomic mass is 10.2. The summed E-state index contributed by atoms with van der Waals surface area (Å²) < 4.78 is 11.3. The summed E-state index contributed by atoms with van der Waals surface area (Å²) in [4.78, 5) is 17.8. The number of carbonyl (C=O) groups is 1. The SMILES string of the molecule is CCN(CC)C(=O)CN(Cc1cccs1)c1ccc2c(c1)OCCO2. The Kier molecular flexibility index (Phi) is 5.81.